The molecule has 0 amide bonds. The van der Waals surface area contributed by atoms with Crippen molar-refractivity contribution in [3.05, 3.63) is 16.9 Å². The number of hydrogen-bond acceptors (Lipinski definition) is 2. The molecule has 1 aliphatic rings. The second-order valence-corrected chi connectivity index (χ2v) is 4.06. The fourth-order valence-corrected chi connectivity index (χ4v) is 2.02. The minimum atomic E-state index is -0.807. The summed E-state index contributed by atoms with van der Waals surface area (Å²) in [6.45, 7) is 0. The van der Waals surface area contributed by atoms with Crippen LogP contribution in [0, 0.1) is 5.92 Å². The smallest absolute Gasteiger partial charge is 0.312 e. The first-order valence-electron chi connectivity index (χ1n) is 4.51. The number of aryl methyl sites for hydroxylation is 1. The van der Waals surface area contributed by atoms with Crippen LogP contribution in [-0.2, 0) is 11.8 Å². The first-order valence-corrected chi connectivity index (χ1v) is 4.89. The van der Waals surface area contributed by atoms with Gasteiger partial charge >= 0.3 is 5.97 Å². The predicted octanol–water partition coefficient (Wildman–Crippen LogP) is 1.65. The molecule has 1 N–H and O–H groups in total. The fraction of sp³-hybridized carbons (Fsp3) is 0.556. The number of carboxylic acids is 1. The minimum Gasteiger partial charge on any atom is -0.481 e. The molecule has 2 rings (SSSR count). The van der Waals surface area contributed by atoms with Gasteiger partial charge in [-0.1, -0.05) is 11.6 Å². The van der Waals surface area contributed by atoms with Crippen LogP contribution in [0.3, 0.4) is 0 Å². The van der Waals surface area contributed by atoms with Crippen LogP contribution in [0.25, 0.3) is 0 Å². The van der Waals surface area contributed by atoms with Gasteiger partial charge in [-0.2, -0.15) is 5.10 Å². The van der Waals surface area contributed by atoms with Crippen molar-refractivity contribution in [2.45, 2.75) is 18.8 Å². The third-order valence-electron chi connectivity index (χ3n) is 2.59. The van der Waals surface area contributed by atoms with E-state index >= 15 is 0 Å². The van der Waals surface area contributed by atoms with Crippen LogP contribution < -0.4 is 0 Å². The normalized spacial score (nSPS) is 18.1. The van der Waals surface area contributed by atoms with Gasteiger partial charge in [-0.3, -0.25) is 9.48 Å². The zero-order chi connectivity index (χ0) is 10.3. The van der Waals surface area contributed by atoms with Crippen LogP contribution >= 0.6 is 11.6 Å². The molecule has 1 aliphatic carbocycles. The lowest BCUT2D eigenvalue weighted by atomic mass is 10.00. The molecular weight excluding hydrogens is 204 g/mol. The molecule has 1 atom stereocenters. The SMILES string of the molecule is Cn1ncc(Cl)c1C(C(=O)O)C1CC1. The Bertz CT molecular complexity index is 351. The summed E-state index contributed by atoms with van der Waals surface area (Å²) in [4.78, 5) is 11.1. The molecule has 0 bridgehead atoms. The van der Waals surface area contributed by atoms with Gasteiger partial charge in [0.1, 0.15) is 5.92 Å². The molecule has 1 aromatic heterocycles. The Morgan fingerprint density at radius 1 is 1.79 bits per heavy atom. The second-order valence-electron chi connectivity index (χ2n) is 3.65. The van der Waals surface area contributed by atoms with Gasteiger partial charge in [0.2, 0.25) is 0 Å². The summed E-state index contributed by atoms with van der Waals surface area (Å²) in [6.07, 6.45) is 3.44. The van der Waals surface area contributed by atoms with Gasteiger partial charge in [0.25, 0.3) is 0 Å². The Hall–Kier alpha value is -1.03. The molecule has 1 aromatic rings. The Balaban J connectivity index is 2.39. The van der Waals surface area contributed by atoms with Crippen molar-refractivity contribution in [3.63, 3.8) is 0 Å². The lowest BCUT2D eigenvalue weighted by Gasteiger charge is -2.11. The van der Waals surface area contributed by atoms with E-state index in [1.165, 1.54) is 6.20 Å². The van der Waals surface area contributed by atoms with Crippen molar-refractivity contribution in [1.82, 2.24) is 9.78 Å². The number of carboxylic acid groups (broad SMARTS) is 1. The molecule has 1 unspecified atom stereocenters. The third kappa shape index (κ3) is 1.50. The molecule has 5 heteroatoms. The van der Waals surface area contributed by atoms with E-state index in [4.69, 9.17) is 16.7 Å². The van der Waals surface area contributed by atoms with Crippen molar-refractivity contribution in [2.75, 3.05) is 0 Å². The average molecular weight is 215 g/mol. The predicted molar refractivity (Wildman–Crippen MR) is 51.3 cm³/mol. The van der Waals surface area contributed by atoms with Crippen molar-refractivity contribution in [2.24, 2.45) is 13.0 Å². The zero-order valence-corrected chi connectivity index (χ0v) is 8.53. The van der Waals surface area contributed by atoms with E-state index in [2.05, 4.69) is 5.10 Å². The molecule has 4 nitrogen and oxygen atoms in total. The summed E-state index contributed by atoms with van der Waals surface area (Å²) in [5.74, 6) is -1.06. The van der Waals surface area contributed by atoms with Gasteiger partial charge in [0, 0.05) is 7.05 Å². The van der Waals surface area contributed by atoms with Gasteiger partial charge in [0.15, 0.2) is 0 Å². The number of hydrogen-bond donors (Lipinski definition) is 1. The highest BCUT2D eigenvalue weighted by molar-refractivity contribution is 6.31. The van der Waals surface area contributed by atoms with E-state index < -0.39 is 11.9 Å². The minimum absolute atomic E-state index is 0.236. The Kier molecular flexibility index (Phi) is 2.23. The van der Waals surface area contributed by atoms with Gasteiger partial charge in [0.05, 0.1) is 16.9 Å². The summed E-state index contributed by atoms with van der Waals surface area (Å²) in [5.41, 5.74) is 0.627. The van der Waals surface area contributed by atoms with Crippen molar-refractivity contribution in [1.29, 1.82) is 0 Å². The molecular formula is C9H11ClN2O2. The van der Waals surface area contributed by atoms with Crippen LogP contribution in [0.15, 0.2) is 6.20 Å². The largest absolute Gasteiger partial charge is 0.481 e. The highest BCUT2D eigenvalue weighted by Crippen LogP contribution is 2.44. The molecule has 0 saturated heterocycles. The van der Waals surface area contributed by atoms with E-state index in [0.717, 1.165) is 12.8 Å². The van der Waals surface area contributed by atoms with Crippen LogP contribution in [0.1, 0.15) is 24.5 Å². The number of rotatable bonds is 3. The topological polar surface area (TPSA) is 55.1 Å². The van der Waals surface area contributed by atoms with Gasteiger partial charge in [-0.15, -0.1) is 0 Å². The Labute approximate surface area is 86.5 Å². The number of carbonyl (C=O) groups is 1. The van der Waals surface area contributed by atoms with Crippen LogP contribution in [0.2, 0.25) is 5.02 Å². The molecule has 0 spiro atoms. The number of nitrogens with zero attached hydrogens (tertiary/aromatic N) is 2. The maximum absolute atomic E-state index is 11.1. The van der Waals surface area contributed by atoms with Gasteiger partial charge < -0.3 is 5.11 Å². The first kappa shape index (κ1) is 9.52. The van der Waals surface area contributed by atoms with Crippen LogP contribution in [0.5, 0.6) is 0 Å². The van der Waals surface area contributed by atoms with E-state index in [-0.39, 0.29) is 5.92 Å². The maximum Gasteiger partial charge on any atom is 0.312 e. The number of aliphatic carboxylic acids is 1. The third-order valence-corrected chi connectivity index (χ3v) is 2.88. The Morgan fingerprint density at radius 2 is 2.43 bits per heavy atom. The lowest BCUT2D eigenvalue weighted by Crippen LogP contribution is -2.17. The molecule has 0 aliphatic heterocycles. The molecule has 0 radical (unpaired) electrons. The van der Waals surface area contributed by atoms with Crippen molar-refractivity contribution < 1.29 is 9.90 Å². The number of halogens is 1. The van der Waals surface area contributed by atoms with Crippen molar-refractivity contribution in [3.8, 4) is 0 Å². The zero-order valence-electron chi connectivity index (χ0n) is 7.77. The summed E-state index contributed by atoms with van der Waals surface area (Å²) >= 11 is 5.91. The van der Waals surface area contributed by atoms with E-state index in [1.807, 2.05) is 0 Å². The molecule has 14 heavy (non-hydrogen) atoms. The van der Waals surface area contributed by atoms with E-state index in [0.29, 0.717) is 10.7 Å². The maximum atomic E-state index is 11.1. The molecule has 1 heterocycles. The highest BCUT2D eigenvalue weighted by atomic mass is 35.5. The van der Waals surface area contributed by atoms with Gasteiger partial charge in [-0.05, 0) is 18.8 Å². The summed E-state index contributed by atoms with van der Waals surface area (Å²) in [5, 5.41) is 13.5. The van der Waals surface area contributed by atoms with E-state index in [9.17, 15) is 4.79 Å². The van der Waals surface area contributed by atoms with Crippen molar-refractivity contribution >= 4 is 17.6 Å². The quantitative estimate of drug-likeness (QED) is 0.833. The Morgan fingerprint density at radius 3 is 2.79 bits per heavy atom. The van der Waals surface area contributed by atoms with Crippen LogP contribution in [0.4, 0.5) is 0 Å². The molecule has 1 fully saturated rings. The van der Waals surface area contributed by atoms with Crippen LogP contribution in [-0.4, -0.2) is 20.9 Å². The summed E-state index contributed by atoms with van der Waals surface area (Å²) < 4.78 is 1.56. The monoisotopic (exact) mass is 214 g/mol. The standard InChI is InChI=1S/C9H11ClN2O2/c1-12-8(6(10)4-11-12)7(9(13)14)5-2-3-5/h4-5,7H,2-3H2,1H3,(H,13,14). The van der Waals surface area contributed by atoms with Gasteiger partial charge in [-0.25, -0.2) is 0 Å². The molecule has 76 valence electrons. The number of aromatic nitrogens is 2. The summed E-state index contributed by atoms with van der Waals surface area (Å²) in [7, 11) is 1.72. The second kappa shape index (κ2) is 3.28. The fourth-order valence-electron chi connectivity index (χ4n) is 1.74. The molecule has 0 aromatic carbocycles. The summed E-state index contributed by atoms with van der Waals surface area (Å²) in [6, 6.07) is 0. The highest BCUT2D eigenvalue weighted by Gasteiger charge is 2.40. The first-order chi connectivity index (χ1) is 6.61. The molecule has 1 saturated carbocycles. The average Bonchev–Trinajstić information content (AvgIpc) is 2.87. The van der Waals surface area contributed by atoms with E-state index in [1.54, 1.807) is 11.7 Å². The lowest BCUT2D eigenvalue weighted by molar-refractivity contribution is -0.139.